The van der Waals surface area contributed by atoms with Gasteiger partial charge in [0.05, 0.1) is 5.69 Å². The van der Waals surface area contributed by atoms with E-state index in [2.05, 4.69) is 26.1 Å². The van der Waals surface area contributed by atoms with Crippen LogP contribution in [0.4, 0.5) is 0 Å². The van der Waals surface area contributed by atoms with E-state index in [0.29, 0.717) is 10.6 Å². The molecule has 0 saturated heterocycles. The van der Waals surface area contributed by atoms with Crippen LogP contribution in [0, 0.1) is 11.7 Å². The largest absolute Gasteiger partial charge is 0.388 e. The van der Waals surface area contributed by atoms with Gasteiger partial charge in [0.25, 0.3) is 0 Å². The van der Waals surface area contributed by atoms with Crippen LogP contribution in [0.3, 0.4) is 0 Å². The number of hydrogen-bond donors (Lipinski definition) is 2. The number of halogens is 1. The van der Waals surface area contributed by atoms with E-state index in [-0.39, 0.29) is 6.61 Å². The molecule has 0 aliphatic heterocycles. The molecule has 0 atom stereocenters. The number of nitrogens with one attached hydrogen (secondary N) is 1. The van der Waals surface area contributed by atoms with Crippen molar-refractivity contribution >= 4 is 28.1 Å². The topological polar surface area (TPSA) is 53.8 Å². The predicted octanol–water partition coefficient (Wildman–Crippen LogP) is 2.49. The van der Waals surface area contributed by atoms with Crippen molar-refractivity contribution in [3.63, 3.8) is 0 Å². The molecule has 16 heavy (non-hydrogen) atoms. The SMILES string of the molecule is Cc1cc(Br)ccc1-n1c(CO)n[nH]c1=S. The van der Waals surface area contributed by atoms with E-state index in [9.17, 15) is 5.11 Å². The summed E-state index contributed by atoms with van der Waals surface area (Å²) >= 11 is 8.54. The van der Waals surface area contributed by atoms with Gasteiger partial charge in [-0.3, -0.25) is 9.67 Å². The second-order valence-electron chi connectivity index (χ2n) is 3.37. The van der Waals surface area contributed by atoms with Crippen molar-refractivity contribution in [3.05, 3.63) is 38.8 Å². The van der Waals surface area contributed by atoms with Gasteiger partial charge in [0, 0.05) is 4.47 Å². The van der Waals surface area contributed by atoms with Crippen molar-refractivity contribution in [2.45, 2.75) is 13.5 Å². The molecule has 0 unspecified atom stereocenters. The van der Waals surface area contributed by atoms with Gasteiger partial charge in [-0.25, -0.2) is 0 Å². The summed E-state index contributed by atoms with van der Waals surface area (Å²) in [5.74, 6) is 0.510. The minimum absolute atomic E-state index is 0.150. The third-order valence-corrected chi connectivity index (χ3v) is 3.05. The van der Waals surface area contributed by atoms with Crippen LogP contribution in [0.5, 0.6) is 0 Å². The number of benzene rings is 1. The first kappa shape index (κ1) is 11.5. The van der Waals surface area contributed by atoms with E-state index < -0.39 is 0 Å². The molecule has 0 fully saturated rings. The van der Waals surface area contributed by atoms with E-state index in [1.165, 1.54) is 0 Å². The highest BCUT2D eigenvalue weighted by Crippen LogP contribution is 2.20. The fourth-order valence-electron chi connectivity index (χ4n) is 1.55. The highest BCUT2D eigenvalue weighted by molar-refractivity contribution is 9.10. The molecule has 0 aliphatic rings. The van der Waals surface area contributed by atoms with E-state index >= 15 is 0 Å². The zero-order valence-electron chi connectivity index (χ0n) is 8.57. The Labute approximate surface area is 106 Å². The quantitative estimate of drug-likeness (QED) is 0.838. The molecular formula is C10H10BrN3OS. The summed E-state index contributed by atoms with van der Waals surface area (Å²) in [5.41, 5.74) is 1.98. The summed E-state index contributed by atoms with van der Waals surface area (Å²) < 4.78 is 3.22. The van der Waals surface area contributed by atoms with Gasteiger partial charge >= 0.3 is 0 Å². The smallest absolute Gasteiger partial charge is 0.199 e. The van der Waals surface area contributed by atoms with Gasteiger partial charge in [-0.1, -0.05) is 15.9 Å². The maximum absolute atomic E-state index is 9.18. The van der Waals surface area contributed by atoms with Crippen LogP contribution >= 0.6 is 28.1 Å². The normalized spacial score (nSPS) is 10.7. The summed E-state index contributed by atoms with van der Waals surface area (Å²) in [6, 6.07) is 5.85. The first-order valence-electron chi connectivity index (χ1n) is 4.67. The number of H-pyrrole nitrogens is 1. The van der Waals surface area contributed by atoms with Crippen molar-refractivity contribution in [1.29, 1.82) is 0 Å². The van der Waals surface area contributed by atoms with Crippen LogP contribution in [-0.4, -0.2) is 19.9 Å². The average molecular weight is 300 g/mol. The molecular weight excluding hydrogens is 290 g/mol. The van der Waals surface area contributed by atoms with E-state index in [1.807, 2.05) is 25.1 Å². The number of aromatic nitrogens is 3. The first-order valence-corrected chi connectivity index (χ1v) is 5.87. The van der Waals surface area contributed by atoms with E-state index in [0.717, 1.165) is 15.7 Å². The van der Waals surface area contributed by atoms with Crippen LogP contribution in [0.2, 0.25) is 0 Å². The Morgan fingerprint density at radius 2 is 2.31 bits per heavy atom. The summed E-state index contributed by atoms with van der Waals surface area (Å²) in [6.07, 6.45) is 0. The Morgan fingerprint density at radius 3 is 2.94 bits per heavy atom. The number of aryl methyl sites for hydroxylation is 1. The number of rotatable bonds is 2. The highest BCUT2D eigenvalue weighted by atomic mass is 79.9. The lowest BCUT2D eigenvalue weighted by atomic mass is 10.2. The van der Waals surface area contributed by atoms with Gasteiger partial charge in [-0.05, 0) is 42.9 Å². The van der Waals surface area contributed by atoms with Gasteiger partial charge in [-0.15, -0.1) is 0 Å². The minimum Gasteiger partial charge on any atom is -0.388 e. The summed E-state index contributed by atoms with van der Waals surface area (Å²) in [5, 5.41) is 15.8. The van der Waals surface area contributed by atoms with Gasteiger partial charge in [0.1, 0.15) is 6.61 Å². The van der Waals surface area contributed by atoms with E-state index in [1.54, 1.807) is 4.57 Å². The Morgan fingerprint density at radius 1 is 1.56 bits per heavy atom. The molecule has 2 N–H and O–H groups in total. The lowest BCUT2D eigenvalue weighted by Gasteiger charge is -2.08. The first-order chi connectivity index (χ1) is 7.63. The molecule has 1 aromatic heterocycles. The maximum atomic E-state index is 9.18. The van der Waals surface area contributed by atoms with Gasteiger partial charge in [-0.2, -0.15) is 5.10 Å². The Kier molecular flexibility index (Phi) is 3.22. The van der Waals surface area contributed by atoms with Gasteiger partial charge in [0.2, 0.25) is 0 Å². The molecule has 0 aliphatic carbocycles. The summed E-state index contributed by atoms with van der Waals surface area (Å²) in [7, 11) is 0. The third kappa shape index (κ3) is 1.95. The van der Waals surface area contributed by atoms with Crippen molar-refractivity contribution in [2.24, 2.45) is 0 Å². The van der Waals surface area contributed by atoms with Crippen molar-refractivity contribution in [3.8, 4) is 5.69 Å². The Balaban J connectivity index is 2.67. The zero-order chi connectivity index (χ0) is 11.7. The van der Waals surface area contributed by atoms with Crippen LogP contribution in [0.15, 0.2) is 22.7 Å². The lowest BCUT2D eigenvalue weighted by molar-refractivity contribution is 0.268. The number of aromatic amines is 1. The second kappa shape index (κ2) is 4.48. The monoisotopic (exact) mass is 299 g/mol. The van der Waals surface area contributed by atoms with Crippen molar-refractivity contribution in [2.75, 3.05) is 0 Å². The molecule has 0 amide bonds. The van der Waals surface area contributed by atoms with Gasteiger partial charge < -0.3 is 5.11 Å². The van der Waals surface area contributed by atoms with Crippen LogP contribution in [0.25, 0.3) is 5.69 Å². The standard InChI is InChI=1S/C10H10BrN3OS/c1-6-4-7(11)2-3-8(6)14-9(5-15)12-13-10(14)16/h2-4,15H,5H2,1H3,(H,13,16). The van der Waals surface area contributed by atoms with Gasteiger partial charge in [0.15, 0.2) is 10.6 Å². The van der Waals surface area contributed by atoms with Crippen LogP contribution < -0.4 is 0 Å². The third-order valence-electron chi connectivity index (χ3n) is 2.28. The highest BCUT2D eigenvalue weighted by Gasteiger charge is 2.09. The molecule has 2 rings (SSSR count). The van der Waals surface area contributed by atoms with Crippen LogP contribution in [0.1, 0.15) is 11.4 Å². The number of hydrogen-bond acceptors (Lipinski definition) is 3. The molecule has 4 nitrogen and oxygen atoms in total. The molecule has 1 heterocycles. The molecule has 84 valence electrons. The van der Waals surface area contributed by atoms with E-state index in [4.69, 9.17) is 12.2 Å². The molecule has 0 bridgehead atoms. The molecule has 2 aromatic rings. The van der Waals surface area contributed by atoms with Crippen molar-refractivity contribution < 1.29 is 5.11 Å². The van der Waals surface area contributed by atoms with Crippen molar-refractivity contribution in [1.82, 2.24) is 14.8 Å². The number of aliphatic hydroxyl groups is 1. The molecule has 0 saturated carbocycles. The molecule has 6 heteroatoms. The predicted molar refractivity (Wildman–Crippen MR) is 67.1 cm³/mol. The number of aliphatic hydroxyl groups excluding tert-OH is 1. The average Bonchev–Trinajstić information content (AvgIpc) is 2.60. The summed E-state index contributed by atoms with van der Waals surface area (Å²) in [4.78, 5) is 0. The fourth-order valence-corrected chi connectivity index (χ4v) is 2.28. The van der Waals surface area contributed by atoms with Crippen LogP contribution in [-0.2, 0) is 6.61 Å². The fraction of sp³-hybridized carbons (Fsp3) is 0.200. The second-order valence-corrected chi connectivity index (χ2v) is 4.67. The lowest BCUT2D eigenvalue weighted by Crippen LogP contribution is -2.03. The Bertz CT molecular complexity index is 576. The molecule has 0 radical (unpaired) electrons. The Hall–Kier alpha value is -0.980. The number of nitrogens with zero attached hydrogens (tertiary/aromatic N) is 2. The molecule has 1 aromatic carbocycles. The minimum atomic E-state index is -0.150. The zero-order valence-corrected chi connectivity index (χ0v) is 11.0. The maximum Gasteiger partial charge on any atom is 0.199 e. The summed E-state index contributed by atoms with van der Waals surface area (Å²) in [6.45, 7) is 1.83. The molecule has 0 spiro atoms.